The molecule has 0 fully saturated rings. The Morgan fingerprint density at radius 1 is 1.00 bits per heavy atom. The first-order chi connectivity index (χ1) is 13.2. The zero-order chi connectivity index (χ0) is 21.3. The molecular weight excluding hydrogens is 350 g/mol. The zero-order valence-corrected chi connectivity index (χ0v) is 18.8. The van der Waals surface area contributed by atoms with E-state index in [1.54, 1.807) is 7.11 Å². The standard InChI is InChI=1S/C24H39NO3/c1-16(2)10-8-11-17(3)12-9-13-18(4)14-15-20-19(5)22(26)24(28-7)21(25)23(20)27-6/h10,12,14,19-20,23H,8-9,11,13,15,25H2,1-7H3/b17-12+,18-14+/t19-,20-,23-/m0/s1. The lowest BCUT2D eigenvalue weighted by Crippen LogP contribution is -2.43. The summed E-state index contributed by atoms with van der Waals surface area (Å²) >= 11 is 0. The Morgan fingerprint density at radius 2 is 1.57 bits per heavy atom. The lowest BCUT2D eigenvalue weighted by molar-refractivity contribution is -0.127. The lowest BCUT2D eigenvalue weighted by Gasteiger charge is -2.35. The van der Waals surface area contributed by atoms with Crippen LogP contribution in [0.15, 0.2) is 46.4 Å². The van der Waals surface area contributed by atoms with E-state index in [0.29, 0.717) is 5.70 Å². The minimum absolute atomic E-state index is 0.0284. The number of hydrogen-bond donors (Lipinski definition) is 1. The summed E-state index contributed by atoms with van der Waals surface area (Å²) < 4.78 is 10.8. The second kappa shape index (κ2) is 11.9. The SMILES string of the molecule is COC1=C(N)[C@@H](OC)[C@@H](C/C=C(\C)CC/C=C(\C)CCC=C(C)C)[C@H](C)C1=O. The van der Waals surface area contributed by atoms with Gasteiger partial charge in [0.25, 0.3) is 0 Å². The highest BCUT2D eigenvalue weighted by Gasteiger charge is 2.41. The molecule has 4 nitrogen and oxygen atoms in total. The number of ketones is 1. The number of carbonyl (C=O) groups is 1. The highest BCUT2D eigenvalue weighted by molar-refractivity contribution is 5.97. The molecule has 2 N–H and O–H groups in total. The molecule has 3 atom stereocenters. The number of rotatable bonds is 10. The molecule has 1 aliphatic rings. The van der Waals surface area contributed by atoms with Crippen molar-refractivity contribution in [1.29, 1.82) is 0 Å². The average molecular weight is 390 g/mol. The van der Waals surface area contributed by atoms with Crippen molar-refractivity contribution in [2.75, 3.05) is 14.2 Å². The third-order valence-corrected chi connectivity index (χ3v) is 5.56. The summed E-state index contributed by atoms with van der Waals surface area (Å²) in [6.45, 7) is 10.6. The van der Waals surface area contributed by atoms with Crippen molar-refractivity contribution in [2.24, 2.45) is 17.6 Å². The van der Waals surface area contributed by atoms with Gasteiger partial charge in [-0.25, -0.2) is 0 Å². The van der Waals surface area contributed by atoms with Crippen molar-refractivity contribution in [3.05, 3.63) is 46.4 Å². The van der Waals surface area contributed by atoms with Crippen LogP contribution in [0, 0.1) is 11.8 Å². The molecule has 0 spiro atoms. The number of carbonyl (C=O) groups excluding carboxylic acids is 1. The third kappa shape index (κ3) is 6.97. The maximum Gasteiger partial charge on any atom is 0.202 e. The second-order valence-corrected chi connectivity index (χ2v) is 8.16. The van der Waals surface area contributed by atoms with Crippen LogP contribution >= 0.6 is 0 Å². The van der Waals surface area contributed by atoms with Gasteiger partial charge < -0.3 is 15.2 Å². The number of allylic oxidation sites excluding steroid dienone is 7. The Morgan fingerprint density at radius 3 is 2.11 bits per heavy atom. The molecule has 1 aliphatic carbocycles. The Hall–Kier alpha value is -1.81. The molecule has 0 saturated heterocycles. The van der Waals surface area contributed by atoms with Gasteiger partial charge in [-0.2, -0.15) is 0 Å². The van der Waals surface area contributed by atoms with E-state index in [-0.39, 0.29) is 29.5 Å². The summed E-state index contributed by atoms with van der Waals surface area (Å²) in [7, 11) is 3.12. The molecule has 28 heavy (non-hydrogen) atoms. The maximum atomic E-state index is 12.5. The van der Waals surface area contributed by atoms with Gasteiger partial charge >= 0.3 is 0 Å². The molecule has 0 aromatic rings. The van der Waals surface area contributed by atoms with E-state index in [1.807, 2.05) is 6.92 Å². The van der Waals surface area contributed by atoms with Gasteiger partial charge in [0, 0.05) is 18.9 Å². The van der Waals surface area contributed by atoms with Crippen molar-refractivity contribution in [1.82, 2.24) is 0 Å². The zero-order valence-electron chi connectivity index (χ0n) is 18.8. The highest BCUT2D eigenvalue weighted by atomic mass is 16.5. The van der Waals surface area contributed by atoms with Crippen molar-refractivity contribution in [2.45, 2.75) is 72.8 Å². The summed E-state index contributed by atoms with van der Waals surface area (Å²) in [5, 5.41) is 0. The van der Waals surface area contributed by atoms with E-state index in [0.717, 1.165) is 32.1 Å². The highest BCUT2D eigenvalue weighted by Crippen LogP contribution is 2.34. The van der Waals surface area contributed by atoms with Gasteiger partial charge in [0.1, 0.15) is 6.10 Å². The Balaban J connectivity index is 2.65. The second-order valence-electron chi connectivity index (χ2n) is 8.16. The summed E-state index contributed by atoms with van der Waals surface area (Å²) in [5.74, 6) is 0.0884. The van der Waals surface area contributed by atoms with Crippen molar-refractivity contribution in [3.8, 4) is 0 Å². The van der Waals surface area contributed by atoms with Gasteiger partial charge in [-0.05, 0) is 59.8 Å². The predicted octanol–water partition coefficient (Wildman–Crippen LogP) is 5.46. The number of methoxy groups -OCH3 is 2. The first-order valence-corrected chi connectivity index (χ1v) is 10.3. The molecule has 0 heterocycles. The quantitative estimate of drug-likeness (QED) is 0.504. The van der Waals surface area contributed by atoms with E-state index >= 15 is 0 Å². The number of nitrogens with two attached hydrogens (primary N) is 1. The minimum Gasteiger partial charge on any atom is -0.491 e. The molecule has 0 bridgehead atoms. The van der Waals surface area contributed by atoms with Gasteiger partial charge in [-0.15, -0.1) is 0 Å². The molecular formula is C24H39NO3. The Labute approximate surface area is 171 Å². The van der Waals surface area contributed by atoms with Gasteiger partial charge in [0.05, 0.1) is 12.8 Å². The Bertz CT molecular complexity index is 651. The van der Waals surface area contributed by atoms with Crippen LogP contribution in [0.2, 0.25) is 0 Å². The topological polar surface area (TPSA) is 61.6 Å². The molecule has 0 radical (unpaired) electrons. The molecule has 0 aliphatic heterocycles. The Kier molecular flexibility index (Phi) is 10.3. The normalized spacial score (nSPS) is 23.8. The molecule has 0 amide bonds. The summed E-state index contributed by atoms with van der Waals surface area (Å²) in [6.07, 6.45) is 11.7. The van der Waals surface area contributed by atoms with E-state index in [1.165, 1.54) is 23.8 Å². The van der Waals surface area contributed by atoms with Gasteiger partial charge in [-0.3, -0.25) is 4.79 Å². The van der Waals surface area contributed by atoms with E-state index in [4.69, 9.17) is 15.2 Å². The summed E-state index contributed by atoms with van der Waals surface area (Å²) in [5.41, 5.74) is 10.7. The fourth-order valence-electron chi connectivity index (χ4n) is 3.69. The number of hydrogen-bond acceptors (Lipinski definition) is 4. The van der Waals surface area contributed by atoms with E-state index in [2.05, 4.69) is 45.9 Å². The fourth-order valence-corrected chi connectivity index (χ4v) is 3.69. The van der Waals surface area contributed by atoms with Crippen LogP contribution in [0.25, 0.3) is 0 Å². The smallest absolute Gasteiger partial charge is 0.202 e. The van der Waals surface area contributed by atoms with Crippen molar-refractivity contribution < 1.29 is 14.3 Å². The summed E-state index contributed by atoms with van der Waals surface area (Å²) in [6, 6.07) is 0. The molecule has 4 heteroatoms. The molecule has 0 saturated carbocycles. The van der Waals surface area contributed by atoms with Crippen LogP contribution < -0.4 is 5.73 Å². The molecule has 0 aromatic heterocycles. The largest absolute Gasteiger partial charge is 0.491 e. The van der Waals surface area contributed by atoms with Crippen LogP contribution in [0.1, 0.15) is 66.7 Å². The van der Waals surface area contributed by atoms with E-state index in [9.17, 15) is 4.79 Å². The van der Waals surface area contributed by atoms with Crippen molar-refractivity contribution >= 4 is 5.78 Å². The maximum absolute atomic E-state index is 12.5. The fraction of sp³-hybridized carbons (Fsp3) is 0.625. The first kappa shape index (κ1) is 24.2. The molecule has 1 rings (SSSR count). The predicted molar refractivity (Wildman–Crippen MR) is 117 cm³/mol. The molecule has 0 aromatic carbocycles. The van der Waals surface area contributed by atoms with Crippen LogP contribution in [-0.4, -0.2) is 26.1 Å². The van der Waals surface area contributed by atoms with E-state index < -0.39 is 0 Å². The first-order valence-electron chi connectivity index (χ1n) is 10.3. The van der Waals surface area contributed by atoms with Crippen LogP contribution in [0.4, 0.5) is 0 Å². The average Bonchev–Trinajstić information content (AvgIpc) is 2.63. The monoisotopic (exact) mass is 389 g/mol. The van der Waals surface area contributed by atoms with Gasteiger partial charge in [0.2, 0.25) is 5.78 Å². The molecule has 0 unspecified atom stereocenters. The third-order valence-electron chi connectivity index (χ3n) is 5.56. The van der Waals surface area contributed by atoms with Crippen molar-refractivity contribution in [3.63, 3.8) is 0 Å². The number of ether oxygens (including phenoxy) is 2. The molecule has 158 valence electrons. The van der Waals surface area contributed by atoms with Gasteiger partial charge in [-0.1, -0.05) is 41.9 Å². The van der Waals surface area contributed by atoms with Crippen LogP contribution in [0.5, 0.6) is 0 Å². The van der Waals surface area contributed by atoms with Crippen LogP contribution in [0.3, 0.4) is 0 Å². The van der Waals surface area contributed by atoms with Crippen LogP contribution in [-0.2, 0) is 14.3 Å². The van der Waals surface area contributed by atoms with Gasteiger partial charge in [0.15, 0.2) is 5.76 Å². The summed E-state index contributed by atoms with van der Waals surface area (Å²) in [4.78, 5) is 12.5. The lowest BCUT2D eigenvalue weighted by atomic mass is 9.76. The minimum atomic E-state index is -0.288. The number of Topliss-reactive ketones (excluding diaryl/α,β-unsaturated/α-hetero) is 1.